The largest absolute Gasteiger partial charge is 0.454 e. The number of thiophene rings is 1. The number of piperazine rings is 1. The lowest BCUT2D eigenvalue weighted by Gasteiger charge is -2.33. The molecular formula is C16H21N3O6S. The second-order valence-corrected chi connectivity index (χ2v) is 6.34. The van der Waals surface area contributed by atoms with Crippen molar-refractivity contribution in [3.05, 3.63) is 22.4 Å². The summed E-state index contributed by atoms with van der Waals surface area (Å²) < 4.78 is 9.80. The lowest BCUT2D eigenvalue weighted by atomic mass is 10.3. The van der Waals surface area contributed by atoms with E-state index >= 15 is 0 Å². The first-order valence-electron chi connectivity index (χ1n) is 8.18. The summed E-state index contributed by atoms with van der Waals surface area (Å²) in [4.78, 5) is 50.5. The molecule has 1 saturated heterocycles. The van der Waals surface area contributed by atoms with Crippen LogP contribution >= 0.6 is 11.3 Å². The number of esters is 1. The molecule has 142 valence electrons. The molecule has 9 nitrogen and oxygen atoms in total. The Kier molecular flexibility index (Phi) is 7.39. The van der Waals surface area contributed by atoms with Gasteiger partial charge in [-0.3, -0.25) is 14.4 Å². The van der Waals surface area contributed by atoms with Gasteiger partial charge < -0.3 is 24.6 Å². The molecular weight excluding hydrogens is 362 g/mol. The maximum absolute atomic E-state index is 12.1. The minimum Gasteiger partial charge on any atom is -0.454 e. The van der Waals surface area contributed by atoms with Crippen LogP contribution in [0.15, 0.2) is 17.5 Å². The summed E-state index contributed by atoms with van der Waals surface area (Å²) in [6.07, 6.45) is -0.396. The van der Waals surface area contributed by atoms with Crippen molar-refractivity contribution in [2.75, 3.05) is 45.9 Å². The fourth-order valence-electron chi connectivity index (χ4n) is 2.29. The predicted octanol–water partition coefficient (Wildman–Crippen LogP) is 0.322. The number of hydrogen-bond acceptors (Lipinski definition) is 7. The van der Waals surface area contributed by atoms with Crippen molar-refractivity contribution in [2.45, 2.75) is 6.92 Å². The number of amides is 3. The molecule has 0 atom stereocenters. The molecule has 2 rings (SSSR count). The molecule has 0 unspecified atom stereocenters. The molecule has 0 aliphatic carbocycles. The highest BCUT2D eigenvalue weighted by molar-refractivity contribution is 7.12. The average Bonchev–Trinajstić information content (AvgIpc) is 3.19. The van der Waals surface area contributed by atoms with E-state index in [2.05, 4.69) is 5.32 Å². The van der Waals surface area contributed by atoms with E-state index in [1.807, 2.05) is 0 Å². The Morgan fingerprint density at radius 1 is 1.12 bits per heavy atom. The topological polar surface area (TPSA) is 105 Å². The van der Waals surface area contributed by atoms with E-state index in [0.29, 0.717) is 37.7 Å². The third-order valence-corrected chi connectivity index (χ3v) is 4.52. The van der Waals surface area contributed by atoms with Crippen molar-refractivity contribution in [3.63, 3.8) is 0 Å². The van der Waals surface area contributed by atoms with Gasteiger partial charge in [-0.1, -0.05) is 6.07 Å². The molecule has 0 radical (unpaired) electrons. The van der Waals surface area contributed by atoms with Gasteiger partial charge in [0.1, 0.15) is 6.54 Å². The van der Waals surface area contributed by atoms with Crippen molar-refractivity contribution < 1.29 is 28.7 Å². The van der Waals surface area contributed by atoms with E-state index in [1.165, 1.54) is 21.1 Å². The molecule has 10 heteroatoms. The van der Waals surface area contributed by atoms with E-state index in [0.717, 1.165) is 0 Å². The summed E-state index contributed by atoms with van der Waals surface area (Å²) in [5, 5.41) is 4.19. The number of carbonyl (C=O) groups is 4. The quantitative estimate of drug-likeness (QED) is 0.710. The van der Waals surface area contributed by atoms with E-state index in [1.54, 1.807) is 24.4 Å². The van der Waals surface area contributed by atoms with Gasteiger partial charge in [-0.15, -0.1) is 11.3 Å². The number of nitrogens with one attached hydrogen (secondary N) is 1. The third-order valence-electron chi connectivity index (χ3n) is 3.65. The van der Waals surface area contributed by atoms with Crippen LogP contribution in [0.2, 0.25) is 0 Å². The Balaban J connectivity index is 1.64. The molecule has 0 aromatic carbocycles. The van der Waals surface area contributed by atoms with Crippen LogP contribution in [0, 0.1) is 0 Å². The Morgan fingerprint density at radius 3 is 2.42 bits per heavy atom. The second-order valence-electron chi connectivity index (χ2n) is 5.39. The molecule has 1 N–H and O–H groups in total. The van der Waals surface area contributed by atoms with E-state index in [9.17, 15) is 19.2 Å². The normalized spacial score (nSPS) is 13.9. The predicted molar refractivity (Wildman–Crippen MR) is 92.8 cm³/mol. The van der Waals surface area contributed by atoms with E-state index < -0.39 is 18.7 Å². The first-order valence-corrected chi connectivity index (χ1v) is 9.06. The standard InChI is InChI=1S/C16H21N3O6S/c1-2-24-16(23)19-7-5-18(6-8-19)13(20)11-25-14(21)10-17-15(22)12-4-3-9-26-12/h3-4,9H,2,5-8,10-11H2,1H3,(H,17,22). The number of hydrogen-bond donors (Lipinski definition) is 1. The minimum absolute atomic E-state index is 0.303. The van der Waals surface area contributed by atoms with Crippen molar-refractivity contribution >= 4 is 35.2 Å². The van der Waals surface area contributed by atoms with Gasteiger partial charge in [-0.05, 0) is 18.4 Å². The zero-order valence-corrected chi connectivity index (χ0v) is 15.3. The molecule has 26 heavy (non-hydrogen) atoms. The van der Waals surface area contributed by atoms with Crippen LogP contribution in [0.3, 0.4) is 0 Å². The Hall–Kier alpha value is -2.62. The lowest BCUT2D eigenvalue weighted by molar-refractivity contribution is -0.151. The van der Waals surface area contributed by atoms with Crippen molar-refractivity contribution in [3.8, 4) is 0 Å². The first kappa shape index (κ1) is 19.7. The fourth-order valence-corrected chi connectivity index (χ4v) is 2.93. The molecule has 0 bridgehead atoms. The zero-order valence-electron chi connectivity index (χ0n) is 14.4. The average molecular weight is 383 g/mol. The summed E-state index contributed by atoms with van der Waals surface area (Å²) in [6, 6.07) is 3.38. The minimum atomic E-state index is -0.687. The molecule has 1 aliphatic heterocycles. The Labute approximate surface area is 154 Å². The highest BCUT2D eigenvalue weighted by atomic mass is 32.1. The van der Waals surface area contributed by atoms with Gasteiger partial charge in [-0.2, -0.15) is 0 Å². The van der Waals surface area contributed by atoms with Crippen LogP contribution in [-0.4, -0.2) is 79.6 Å². The molecule has 1 fully saturated rings. The van der Waals surface area contributed by atoms with Crippen LogP contribution in [0.25, 0.3) is 0 Å². The van der Waals surface area contributed by atoms with Crippen molar-refractivity contribution in [1.82, 2.24) is 15.1 Å². The monoisotopic (exact) mass is 383 g/mol. The molecule has 3 amide bonds. The summed E-state index contributed by atoms with van der Waals surface area (Å²) in [5.41, 5.74) is 0. The van der Waals surface area contributed by atoms with E-state index in [-0.39, 0.29) is 18.4 Å². The maximum Gasteiger partial charge on any atom is 0.409 e. The highest BCUT2D eigenvalue weighted by Crippen LogP contribution is 2.07. The number of ether oxygens (including phenoxy) is 2. The van der Waals surface area contributed by atoms with Gasteiger partial charge in [0.25, 0.3) is 11.8 Å². The Morgan fingerprint density at radius 2 is 1.81 bits per heavy atom. The summed E-state index contributed by atoms with van der Waals surface area (Å²) in [6.45, 7) is 2.78. The van der Waals surface area contributed by atoms with Gasteiger partial charge >= 0.3 is 12.1 Å². The van der Waals surface area contributed by atoms with Crippen molar-refractivity contribution in [1.29, 1.82) is 0 Å². The summed E-state index contributed by atoms with van der Waals surface area (Å²) in [7, 11) is 0. The van der Waals surface area contributed by atoms with Crippen LogP contribution in [-0.2, 0) is 19.1 Å². The molecule has 1 aliphatic rings. The van der Waals surface area contributed by atoms with Gasteiger partial charge in [0.2, 0.25) is 0 Å². The molecule has 0 saturated carbocycles. The highest BCUT2D eigenvalue weighted by Gasteiger charge is 2.25. The fraction of sp³-hybridized carbons (Fsp3) is 0.500. The van der Waals surface area contributed by atoms with Gasteiger partial charge in [0.05, 0.1) is 11.5 Å². The van der Waals surface area contributed by atoms with Crippen LogP contribution < -0.4 is 5.32 Å². The number of rotatable bonds is 6. The van der Waals surface area contributed by atoms with Crippen LogP contribution in [0.4, 0.5) is 4.79 Å². The summed E-state index contributed by atoms with van der Waals surface area (Å²) in [5.74, 6) is -1.39. The van der Waals surface area contributed by atoms with E-state index in [4.69, 9.17) is 9.47 Å². The zero-order chi connectivity index (χ0) is 18.9. The van der Waals surface area contributed by atoms with Gasteiger partial charge in [0.15, 0.2) is 6.61 Å². The first-order chi connectivity index (χ1) is 12.5. The third kappa shape index (κ3) is 5.73. The van der Waals surface area contributed by atoms with Crippen LogP contribution in [0.1, 0.15) is 16.6 Å². The molecule has 1 aromatic heterocycles. The number of nitrogens with zero attached hydrogens (tertiary/aromatic N) is 2. The molecule has 2 heterocycles. The smallest absolute Gasteiger partial charge is 0.409 e. The van der Waals surface area contributed by atoms with Crippen LogP contribution in [0.5, 0.6) is 0 Å². The molecule has 1 aromatic rings. The number of carbonyl (C=O) groups excluding carboxylic acids is 4. The molecule has 0 spiro atoms. The Bertz CT molecular complexity index is 640. The maximum atomic E-state index is 12.1. The second kappa shape index (κ2) is 9.76. The SMILES string of the molecule is CCOC(=O)N1CCN(C(=O)COC(=O)CNC(=O)c2cccs2)CC1. The lowest BCUT2D eigenvalue weighted by Crippen LogP contribution is -2.51. The summed E-state index contributed by atoms with van der Waals surface area (Å²) >= 11 is 1.26. The van der Waals surface area contributed by atoms with Gasteiger partial charge in [0, 0.05) is 26.2 Å². The van der Waals surface area contributed by atoms with Gasteiger partial charge in [-0.25, -0.2) is 4.79 Å². The van der Waals surface area contributed by atoms with Crippen molar-refractivity contribution in [2.24, 2.45) is 0 Å².